The lowest BCUT2D eigenvalue weighted by Gasteiger charge is -2.08. The topological polar surface area (TPSA) is 75.2 Å². The zero-order valence-corrected chi connectivity index (χ0v) is 11.1. The highest BCUT2D eigenvalue weighted by Gasteiger charge is 2.31. The summed E-state index contributed by atoms with van der Waals surface area (Å²) in [6.07, 6.45) is -1.28. The molecule has 0 atom stereocenters. The van der Waals surface area contributed by atoms with Crippen molar-refractivity contribution in [1.82, 2.24) is 4.98 Å². The number of H-pyrrole nitrogens is 1. The second kappa shape index (κ2) is 4.87. The number of alkyl halides is 3. The molecule has 0 spiro atoms. The second-order valence-corrected chi connectivity index (χ2v) is 4.70. The maximum absolute atomic E-state index is 12.8. The van der Waals surface area contributed by atoms with Crippen LogP contribution in [-0.2, 0) is 6.18 Å². The fraction of sp³-hybridized carbons (Fsp3) is 0.0667. The van der Waals surface area contributed by atoms with Gasteiger partial charge in [0.2, 0.25) is 5.88 Å². The zero-order valence-electron chi connectivity index (χ0n) is 11.1. The van der Waals surface area contributed by atoms with E-state index in [9.17, 15) is 18.3 Å². The van der Waals surface area contributed by atoms with E-state index in [0.717, 1.165) is 12.1 Å². The average Bonchev–Trinajstić information content (AvgIpc) is 3.06. The number of nitrogens with one attached hydrogen (secondary N) is 1. The number of aromatic amines is 1. The molecule has 0 fully saturated rings. The number of hydrogen-bond donors (Lipinski definition) is 3. The summed E-state index contributed by atoms with van der Waals surface area (Å²) in [4.78, 5) is 2.79. The third-order valence-electron chi connectivity index (χ3n) is 3.25. The van der Waals surface area contributed by atoms with Crippen LogP contribution in [0.2, 0.25) is 0 Å². The van der Waals surface area contributed by atoms with E-state index in [4.69, 9.17) is 10.2 Å². The predicted molar refractivity (Wildman–Crippen MR) is 75.0 cm³/mol. The minimum Gasteiger partial charge on any atom is -0.504 e. The SMILES string of the molecule is Nc1oc(-c2cc[nH]c2)c(O)c1-c1cccc(C(F)(F)F)c1. The molecular formula is C15H11F3N2O2. The van der Waals surface area contributed by atoms with Gasteiger partial charge in [0, 0.05) is 18.0 Å². The Morgan fingerprint density at radius 2 is 1.91 bits per heavy atom. The highest BCUT2D eigenvalue weighted by Crippen LogP contribution is 2.45. The van der Waals surface area contributed by atoms with E-state index in [2.05, 4.69) is 4.98 Å². The molecule has 2 heterocycles. The Morgan fingerprint density at radius 1 is 1.14 bits per heavy atom. The summed E-state index contributed by atoms with van der Waals surface area (Å²) in [6.45, 7) is 0. The number of benzene rings is 1. The summed E-state index contributed by atoms with van der Waals surface area (Å²) in [7, 11) is 0. The summed E-state index contributed by atoms with van der Waals surface area (Å²) >= 11 is 0. The van der Waals surface area contributed by atoms with E-state index in [-0.39, 0.29) is 28.5 Å². The lowest BCUT2D eigenvalue weighted by atomic mass is 10.0. The van der Waals surface area contributed by atoms with Crippen LogP contribution in [0.4, 0.5) is 19.1 Å². The third kappa shape index (κ3) is 2.30. The third-order valence-corrected chi connectivity index (χ3v) is 3.25. The molecule has 4 N–H and O–H groups in total. The van der Waals surface area contributed by atoms with Crippen LogP contribution < -0.4 is 5.73 Å². The van der Waals surface area contributed by atoms with Gasteiger partial charge in [-0.3, -0.25) is 0 Å². The minimum atomic E-state index is -4.48. The van der Waals surface area contributed by atoms with Gasteiger partial charge in [-0.2, -0.15) is 13.2 Å². The Balaban J connectivity index is 2.14. The molecule has 1 aromatic carbocycles. The van der Waals surface area contributed by atoms with Crippen LogP contribution in [0, 0.1) is 0 Å². The van der Waals surface area contributed by atoms with Gasteiger partial charge in [-0.1, -0.05) is 12.1 Å². The molecule has 0 saturated carbocycles. The standard InChI is InChI=1S/C15H11F3N2O2/c16-15(17,18)10-3-1-2-8(6-10)11-12(21)13(22-14(11)19)9-4-5-20-7-9/h1-7,20-21H,19H2. The Hall–Kier alpha value is -2.83. The predicted octanol–water partition coefficient (Wildman–Crippen LogP) is 4.25. The minimum absolute atomic E-state index is 0.0438. The van der Waals surface area contributed by atoms with Crippen LogP contribution in [0.25, 0.3) is 22.5 Å². The van der Waals surface area contributed by atoms with Crippen molar-refractivity contribution in [2.45, 2.75) is 6.18 Å². The van der Waals surface area contributed by atoms with Crippen LogP contribution in [-0.4, -0.2) is 10.1 Å². The van der Waals surface area contributed by atoms with Crippen molar-refractivity contribution in [2.24, 2.45) is 0 Å². The summed E-state index contributed by atoms with van der Waals surface area (Å²) in [5, 5.41) is 10.3. The molecule has 114 valence electrons. The smallest absolute Gasteiger partial charge is 0.416 e. The lowest BCUT2D eigenvalue weighted by molar-refractivity contribution is -0.137. The Morgan fingerprint density at radius 3 is 2.55 bits per heavy atom. The molecule has 2 aromatic heterocycles. The van der Waals surface area contributed by atoms with E-state index >= 15 is 0 Å². The second-order valence-electron chi connectivity index (χ2n) is 4.70. The molecule has 0 aliphatic carbocycles. The van der Waals surface area contributed by atoms with Gasteiger partial charge < -0.3 is 20.2 Å². The number of rotatable bonds is 2. The van der Waals surface area contributed by atoms with Gasteiger partial charge in [-0.25, -0.2) is 0 Å². The van der Waals surface area contributed by atoms with Crippen molar-refractivity contribution in [1.29, 1.82) is 0 Å². The van der Waals surface area contributed by atoms with Gasteiger partial charge >= 0.3 is 6.18 Å². The summed E-state index contributed by atoms with van der Waals surface area (Å²) in [6, 6.07) is 6.19. The molecule has 0 aliphatic rings. The van der Waals surface area contributed by atoms with Crippen molar-refractivity contribution >= 4 is 5.88 Å². The van der Waals surface area contributed by atoms with Crippen molar-refractivity contribution in [3.05, 3.63) is 48.3 Å². The van der Waals surface area contributed by atoms with Gasteiger partial charge in [0.25, 0.3) is 0 Å². The Labute approximate surface area is 123 Å². The molecule has 4 nitrogen and oxygen atoms in total. The van der Waals surface area contributed by atoms with E-state index in [0.29, 0.717) is 5.56 Å². The first-order valence-corrected chi connectivity index (χ1v) is 6.30. The largest absolute Gasteiger partial charge is 0.504 e. The van der Waals surface area contributed by atoms with Crippen LogP contribution in [0.3, 0.4) is 0 Å². The monoisotopic (exact) mass is 308 g/mol. The maximum atomic E-state index is 12.8. The Bertz CT molecular complexity index is 805. The first kappa shape index (κ1) is 14.1. The number of anilines is 1. The summed E-state index contributed by atoms with van der Waals surface area (Å²) < 4.78 is 43.7. The molecule has 0 bridgehead atoms. The fourth-order valence-electron chi connectivity index (χ4n) is 2.23. The summed E-state index contributed by atoms with van der Waals surface area (Å²) in [5.74, 6) is -0.337. The number of furan rings is 1. The van der Waals surface area contributed by atoms with Gasteiger partial charge in [0.15, 0.2) is 11.5 Å². The molecular weight excluding hydrogens is 297 g/mol. The molecule has 7 heteroatoms. The molecule has 22 heavy (non-hydrogen) atoms. The average molecular weight is 308 g/mol. The number of nitrogen functional groups attached to an aromatic ring is 1. The number of hydrogen-bond acceptors (Lipinski definition) is 3. The van der Waals surface area contributed by atoms with E-state index in [1.54, 1.807) is 18.5 Å². The van der Waals surface area contributed by atoms with Crippen LogP contribution >= 0.6 is 0 Å². The lowest BCUT2D eigenvalue weighted by Crippen LogP contribution is -2.04. The number of halogens is 3. The van der Waals surface area contributed by atoms with Gasteiger partial charge in [0.05, 0.1) is 11.1 Å². The molecule has 3 aromatic rings. The normalized spacial score (nSPS) is 11.8. The van der Waals surface area contributed by atoms with Crippen molar-refractivity contribution in [2.75, 3.05) is 5.73 Å². The highest BCUT2D eigenvalue weighted by atomic mass is 19.4. The van der Waals surface area contributed by atoms with Crippen molar-refractivity contribution < 1.29 is 22.7 Å². The Kier molecular flexibility index (Phi) is 3.13. The maximum Gasteiger partial charge on any atom is 0.416 e. The molecule has 0 saturated heterocycles. The highest BCUT2D eigenvalue weighted by molar-refractivity contribution is 5.86. The fourth-order valence-corrected chi connectivity index (χ4v) is 2.23. The van der Waals surface area contributed by atoms with Crippen molar-refractivity contribution in [3.8, 4) is 28.2 Å². The molecule has 0 unspecified atom stereocenters. The zero-order chi connectivity index (χ0) is 15.9. The molecule has 0 aliphatic heterocycles. The van der Waals surface area contributed by atoms with Crippen LogP contribution in [0.1, 0.15) is 5.56 Å². The molecule has 0 radical (unpaired) electrons. The summed E-state index contributed by atoms with van der Waals surface area (Å²) in [5.41, 5.74) is 5.62. The molecule has 0 amide bonds. The quantitative estimate of drug-likeness (QED) is 0.662. The number of aromatic nitrogens is 1. The van der Waals surface area contributed by atoms with E-state index in [1.807, 2.05) is 0 Å². The van der Waals surface area contributed by atoms with Gasteiger partial charge in [0.1, 0.15) is 0 Å². The van der Waals surface area contributed by atoms with Crippen LogP contribution in [0.15, 0.2) is 47.1 Å². The van der Waals surface area contributed by atoms with Crippen LogP contribution in [0.5, 0.6) is 5.75 Å². The van der Waals surface area contributed by atoms with E-state index in [1.165, 1.54) is 12.1 Å². The van der Waals surface area contributed by atoms with Gasteiger partial charge in [-0.05, 0) is 23.8 Å². The van der Waals surface area contributed by atoms with Gasteiger partial charge in [-0.15, -0.1) is 0 Å². The first-order chi connectivity index (χ1) is 10.4. The number of aromatic hydroxyl groups is 1. The molecule has 3 rings (SSSR count). The van der Waals surface area contributed by atoms with Crippen molar-refractivity contribution in [3.63, 3.8) is 0 Å². The van der Waals surface area contributed by atoms with E-state index < -0.39 is 11.7 Å². The number of nitrogens with two attached hydrogens (primary N) is 1. The first-order valence-electron chi connectivity index (χ1n) is 6.30.